The van der Waals surface area contributed by atoms with Crippen molar-refractivity contribution in [1.82, 2.24) is 0 Å². The molecule has 1 nitrogen and oxygen atoms in total. The first kappa shape index (κ1) is 13.1. The molecule has 0 heterocycles. The van der Waals surface area contributed by atoms with E-state index in [9.17, 15) is 0 Å². The largest absolute Gasteiger partial charge is 0.198 e. The van der Waals surface area contributed by atoms with Gasteiger partial charge in [-0.25, -0.2) is 0 Å². The number of nitrogens with zero attached hydrogens (tertiary/aromatic N) is 1. The van der Waals surface area contributed by atoms with E-state index >= 15 is 0 Å². The average molecular weight is 155 g/mol. The Morgan fingerprint density at radius 3 is 1.45 bits per heavy atom. The van der Waals surface area contributed by atoms with Crippen LogP contribution in [0, 0.1) is 11.3 Å². The Labute approximate surface area is 71.4 Å². The number of hydrogen-bond acceptors (Lipinski definition) is 1. The summed E-state index contributed by atoms with van der Waals surface area (Å²) in [4.78, 5) is 0. The topological polar surface area (TPSA) is 23.8 Å². The molecular formula is C10H21N. The lowest BCUT2D eigenvalue weighted by Gasteiger charge is -1.86. The quantitative estimate of drug-likeness (QED) is 0.565. The van der Waals surface area contributed by atoms with Gasteiger partial charge in [-0.2, -0.15) is 5.26 Å². The Morgan fingerprint density at radius 1 is 0.909 bits per heavy atom. The lowest BCUT2D eigenvalue weighted by molar-refractivity contribution is 0.702. The van der Waals surface area contributed by atoms with Gasteiger partial charge in [0.05, 0.1) is 6.07 Å². The van der Waals surface area contributed by atoms with Crippen LogP contribution in [-0.4, -0.2) is 0 Å². The van der Waals surface area contributed by atoms with Gasteiger partial charge in [-0.3, -0.25) is 0 Å². The minimum Gasteiger partial charge on any atom is -0.198 e. The molecule has 0 aliphatic carbocycles. The Hall–Kier alpha value is -0.510. The molecule has 0 aliphatic heterocycles. The number of unbranched alkanes of at least 4 members (excludes halogenated alkanes) is 4. The summed E-state index contributed by atoms with van der Waals surface area (Å²) in [6.45, 7) is 6.45. The van der Waals surface area contributed by atoms with Crippen LogP contribution in [0.5, 0.6) is 0 Å². The van der Waals surface area contributed by atoms with Crippen molar-refractivity contribution in [2.45, 2.75) is 59.3 Å². The van der Waals surface area contributed by atoms with Crippen LogP contribution in [0.4, 0.5) is 0 Å². The second kappa shape index (κ2) is 16.2. The molecule has 0 spiro atoms. The van der Waals surface area contributed by atoms with Gasteiger partial charge in [0.15, 0.2) is 0 Å². The minimum absolute atomic E-state index is 0.694. The van der Waals surface area contributed by atoms with Crippen LogP contribution in [0.1, 0.15) is 59.3 Å². The third-order valence-corrected chi connectivity index (χ3v) is 1.32. The van der Waals surface area contributed by atoms with Crippen molar-refractivity contribution >= 4 is 0 Å². The molecule has 0 aromatic carbocycles. The van der Waals surface area contributed by atoms with Crippen LogP contribution in [0.3, 0.4) is 0 Å². The molecule has 0 rings (SSSR count). The fourth-order valence-electron chi connectivity index (χ4n) is 0.612. The summed E-state index contributed by atoms with van der Waals surface area (Å²) in [5.41, 5.74) is 0. The van der Waals surface area contributed by atoms with E-state index in [1.807, 2.05) is 13.0 Å². The highest BCUT2D eigenvalue weighted by Crippen LogP contribution is 1.95. The van der Waals surface area contributed by atoms with Crippen LogP contribution in [0.15, 0.2) is 0 Å². The van der Waals surface area contributed by atoms with Crippen LogP contribution >= 0.6 is 0 Å². The summed E-state index contributed by atoms with van der Waals surface area (Å²) in [6.07, 6.45) is 7.21. The molecule has 0 saturated carbocycles. The Bertz CT molecular complexity index is 77.4. The predicted molar refractivity (Wildman–Crippen MR) is 50.3 cm³/mol. The maximum absolute atomic E-state index is 7.82. The van der Waals surface area contributed by atoms with Gasteiger partial charge >= 0.3 is 0 Å². The van der Waals surface area contributed by atoms with E-state index in [-0.39, 0.29) is 0 Å². The van der Waals surface area contributed by atoms with E-state index < -0.39 is 0 Å². The van der Waals surface area contributed by atoms with Crippen LogP contribution in [0.2, 0.25) is 0 Å². The average Bonchev–Trinajstić information content (AvgIpc) is 2.04. The van der Waals surface area contributed by atoms with Crippen molar-refractivity contribution in [2.24, 2.45) is 0 Å². The summed E-state index contributed by atoms with van der Waals surface area (Å²) in [5, 5.41) is 7.82. The monoisotopic (exact) mass is 155 g/mol. The van der Waals surface area contributed by atoms with Crippen molar-refractivity contribution in [2.75, 3.05) is 0 Å². The van der Waals surface area contributed by atoms with Gasteiger partial charge in [-0.05, 0) is 6.42 Å². The number of rotatable bonds is 4. The molecule has 0 radical (unpaired) electrons. The highest BCUT2D eigenvalue weighted by molar-refractivity contribution is 4.65. The van der Waals surface area contributed by atoms with Gasteiger partial charge in [0.2, 0.25) is 0 Å². The highest BCUT2D eigenvalue weighted by atomic mass is 14.2. The van der Waals surface area contributed by atoms with Gasteiger partial charge in [0.1, 0.15) is 0 Å². The molecule has 0 bridgehead atoms. The van der Waals surface area contributed by atoms with Gasteiger partial charge < -0.3 is 0 Å². The van der Waals surface area contributed by atoms with E-state index in [4.69, 9.17) is 5.26 Å². The first-order valence-corrected chi connectivity index (χ1v) is 4.70. The maximum Gasteiger partial charge on any atom is 0.0621 e. The van der Waals surface area contributed by atoms with E-state index in [1.54, 1.807) is 0 Å². The fourth-order valence-corrected chi connectivity index (χ4v) is 0.612. The molecule has 0 aromatic heterocycles. The number of nitriles is 1. The predicted octanol–water partition coefficient (Wildman–Crippen LogP) is 3.90. The molecule has 11 heavy (non-hydrogen) atoms. The Balaban J connectivity index is 0. The van der Waals surface area contributed by atoms with Crippen LogP contribution < -0.4 is 0 Å². The zero-order valence-electron chi connectivity index (χ0n) is 8.19. The van der Waals surface area contributed by atoms with Crippen molar-refractivity contribution in [1.29, 1.82) is 5.26 Å². The summed E-state index contributed by atoms with van der Waals surface area (Å²) in [6, 6.07) is 2.02. The standard InChI is InChI=1S/C6H14.C4H7N/c1-3-5-6-4-2;1-2-3-4-5/h3-6H2,1-2H3;2-3H2,1H3. The zero-order chi connectivity index (χ0) is 8.95. The second-order valence-electron chi connectivity index (χ2n) is 2.62. The zero-order valence-corrected chi connectivity index (χ0v) is 8.19. The first-order chi connectivity index (χ1) is 5.33. The van der Waals surface area contributed by atoms with Crippen molar-refractivity contribution < 1.29 is 0 Å². The second-order valence-corrected chi connectivity index (χ2v) is 2.62. The van der Waals surface area contributed by atoms with E-state index in [1.165, 1.54) is 25.7 Å². The van der Waals surface area contributed by atoms with Gasteiger partial charge in [0, 0.05) is 6.42 Å². The molecule has 0 amide bonds. The van der Waals surface area contributed by atoms with Gasteiger partial charge in [-0.15, -0.1) is 0 Å². The molecule has 0 fully saturated rings. The smallest absolute Gasteiger partial charge is 0.0621 e. The molecule has 0 unspecified atom stereocenters. The highest BCUT2D eigenvalue weighted by Gasteiger charge is 1.75. The molecule has 0 atom stereocenters. The fraction of sp³-hybridized carbons (Fsp3) is 0.900. The molecular weight excluding hydrogens is 134 g/mol. The third kappa shape index (κ3) is 26.4. The summed E-state index contributed by atoms with van der Waals surface area (Å²) < 4.78 is 0. The summed E-state index contributed by atoms with van der Waals surface area (Å²) in [5.74, 6) is 0. The Morgan fingerprint density at radius 2 is 1.36 bits per heavy atom. The van der Waals surface area contributed by atoms with Crippen LogP contribution in [-0.2, 0) is 0 Å². The molecule has 0 saturated heterocycles. The van der Waals surface area contributed by atoms with Crippen molar-refractivity contribution in [3.8, 4) is 6.07 Å². The summed E-state index contributed by atoms with van der Waals surface area (Å²) in [7, 11) is 0. The van der Waals surface area contributed by atoms with E-state index in [0.29, 0.717) is 6.42 Å². The first-order valence-electron chi connectivity index (χ1n) is 4.70. The summed E-state index contributed by atoms with van der Waals surface area (Å²) >= 11 is 0. The van der Waals surface area contributed by atoms with Gasteiger partial charge in [-0.1, -0.05) is 46.5 Å². The molecule has 0 aliphatic rings. The third-order valence-electron chi connectivity index (χ3n) is 1.32. The van der Waals surface area contributed by atoms with Crippen molar-refractivity contribution in [3.05, 3.63) is 0 Å². The normalized spacial score (nSPS) is 7.82. The molecule has 0 N–H and O–H groups in total. The molecule has 0 aromatic rings. The minimum atomic E-state index is 0.694. The van der Waals surface area contributed by atoms with Crippen LogP contribution in [0.25, 0.3) is 0 Å². The van der Waals surface area contributed by atoms with E-state index in [0.717, 1.165) is 6.42 Å². The Kier molecular flexibility index (Phi) is 19.4. The van der Waals surface area contributed by atoms with Gasteiger partial charge in [0.25, 0.3) is 0 Å². The lowest BCUT2D eigenvalue weighted by Crippen LogP contribution is -1.66. The lowest BCUT2D eigenvalue weighted by atomic mass is 10.2. The maximum atomic E-state index is 7.82. The molecule has 66 valence electrons. The SMILES string of the molecule is CCCC#N.CCCCCC. The molecule has 1 heteroatoms. The van der Waals surface area contributed by atoms with Crippen molar-refractivity contribution in [3.63, 3.8) is 0 Å². The number of hydrogen-bond donors (Lipinski definition) is 0. The van der Waals surface area contributed by atoms with E-state index in [2.05, 4.69) is 13.8 Å².